The highest BCUT2D eigenvalue weighted by atomic mass is 32.2. The molecule has 22 heavy (non-hydrogen) atoms. The molecule has 0 saturated carbocycles. The summed E-state index contributed by atoms with van der Waals surface area (Å²) in [5.74, 6) is 0.625. The molecule has 1 aliphatic rings. The Bertz CT molecular complexity index is 700. The van der Waals surface area contributed by atoms with Crippen LogP contribution in [0.5, 0.6) is 0 Å². The molecule has 1 fully saturated rings. The van der Waals surface area contributed by atoms with Crippen LogP contribution in [0, 0.1) is 13.8 Å². The molecule has 3 rings (SSSR count). The number of thioether (sulfide) groups is 1. The summed E-state index contributed by atoms with van der Waals surface area (Å²) in [4.78, 5) is 25.4. The number of carbonyl (C=O) groups is 1. The first-order chi connectivity index (χ1) is 10.6. The first-order valence-electron chi connectivity index (χ1n) is 7.41. The van der Waals surface area contributed by atoms with Gasteiger partial charge in [-0.3, -0.25) is 4.79 Å². The standard InChI is InChI=1S/C15H20N4OS2/c1-9-6-16-4-5-19(9)12(20)7-21-14-13-10(2)11(3)22-15(13)18-8-17-14/h8-9,16H,4-7H2,1-3H3. The van der Waals surface area contributed by atoms with Crippen LogP contribution in [0.25, 0.3) is 10.2 Å². The number of rotatable bonds is 3. The van der Waals surface area contributed by atoms with E-state index in [1.165, 1.54) is 22.2 Å². The van der Waals surface area contributed by atoms with E-state index in [-0.39, 0.29) is 11.9 Å². The van der Waals surface area contributed by atoms with Crippen molar-refractivity contribution in [2.24, 2.45) is 0 Å². The minimum atomic E-state index is 0.190. The Morgan fingerprint density at radius 1 is 1.50 bits per heavy atom. The first kappa shape index (κ1) is 15.7. The normalized spacial score (nSPS) is 18.9. The second-order valence-electron chi connectivity index (χ2n) is 5.57. The Morgan fingerprint density at radius 2 is 2.32 bits per heavy atom. The number of amides is 1. The summed E-state index contributed by atoms with van der Waals surface area (Å²) in [6, 6.07) is 0.261. The van der Waals surface area contributed by atoms with Crippen LogP contribution < -0.4 is 5.32 Å². The number of hydrogen-bond donors (Lipinski definition) is 1. The van der Waals surface area contributed by atoms with Gasteiger partial charge in [0.25, 0.3) is 0 Å². The van der Waals surface area contributed by atoms with Crippen molar-refractivity contribution in [3.63, 3.8) is 0 Å². The van der Waals surface area contributed by atoms with Crippen molar-refractivity contribution in [2.45, 2.75) is 31.8 Å². The monoisotopic (exact) mass is 336 g/mol. The molecule has 1 aliphatic heterocycles. The number of piperazine rings is 1. The summed E-state index contributed by atoms with van der Waals surface area (Å²) in [6.45, 7) is 8.82. The van der Waals surface area contributed by atoms with Gasteiger partial charge in [0.15, 0.2) is 0 Å². The molecule has 0 aromatic carbocycles. The highest BCUT2D eigenvalue weighted by Gasteiger charge is 2.23. The number of hydrogen-bond acceptors (Lipinski definition) is 6. The second kappa shape index (κ2) is 6.52. The van der Waals surface area contributed by atoms with E-state index >= 15 is 0 Å². The van der Waals surface area contributed by atoms with Gasteiger partial charge in [0.05, 0.1) is 5.75 Å². The highest BCUT2D eigenvalue weighted by Crippen LogP contribution is 2.34. The van der Waals surface area contributed by atoms with Crippen molar-refractivity contribution in [3.05, 3.63) is 16.8 Å². The number of nitrogens with zero attached hydrogens (tertiary/aromatic N) is 3. The second-order valence-corrected chi connectivity index (χ2v) is 7.74. The van der Waals surface area contributed by atoms with E-state index < -0.39 is 0 Å². The van der Waals surface area contributed by atoms with Crippen molar-refractivity contribution in [1.82, 2.24) is 20.2 Å². The lowest BCUT2D eigenvalue weighted by atomic mass is 10.2. The molecule has 0 radical (unpaired) electrons. The van der Waals surface area contributed by atoms with E-state index in [1.54, 1.807) is 17.7 Å². The molecule has 1 saturated heterocycles. The number of thiophene rings is 1. The molecule has 3 heterocycles. The van der Waals surface area contributed by atoms with Crippen LogP contribution in [-0.4, -0.2) is 52.2 Å². The molecule has 1 N–H and O–H groups in total. The molecule has 0 bridgehead atoms. The summed E-state index contributed by atoms with van der Waals surface area (Å²) in [7, 11) is 0. The smallest absolute Gasteiger partial charge is 0.233 e. The zero-order valence-electron chi connectivity index (χ0n) is 13.0. The summed E-state index contributed by atoms with van der Waals surface area (Å²) in [5, 5.41) is 5.33. The van der Waals surface area contributed by atoms with Gasteiger partial charge in [-0.25, -0.2) is 9.97 Å². The summed E-state index contributed by atoms with van der Waals surface area (Å²) in [6.07, 6.45) is 1.60. The zero-order chi connectivity index (χ0) is 15.7. The van der Waals surface area contributed by atoms with Crippen molar-refractivity contribution >= 4 is 39.2 Å². The minimum absolute atomic E-state index is 0.190. The Morgan fingerprint density at radius 3 is 3.09 bits per heavy atom. The van der Waals surface area contributed by atoms with E-state index in [9.17, 15) is 4.79 Å². The Hall–Kier alpha value is -1.18. The zero-order valence-corrected chi connectivity index (χ0v) is 14.7. The van der Waals surface area contributed by atoms with Gasteiger partial charge >= 0.3 is 0 Å². The van der Waals surface area contributed by atoms with Crippen LogP contribution in [0.1, 0.15) is 17.4 Å². The number of aryl methyl sites for hydroxylation is 2. The molecular formula is C15H20N4OS2. The predicted molar refractivity (Wildman–Crippen MR) is 91.7 cm³/mol. The average molecular weight is 336 g/mol. The van der Waals surface area contributed by atoms with Crippen LogP contribution in [-0.2, 0) is 4.79 Å². The van der Waals surface area contributed by atoms with Gasteiger partial charge in [-0.05, 0) is 26.3 Å². The Labute approximate surface area is 138 Å². The third kappa shape index (κ3) is 2.98. The maximum Gasteiger partial charge on any atom is 0.233 e. The van der Waals surface area contributed by atoms with Crippen molar-refractivity contribution in [2.75, 3.05) is 25.4 Å². The first-order valence-corrected chi connectivity index (χ1v) is 9.22. The minimum Gasteiger partial charge on any atom is -0.337 e. The van der Waals surface area contributed by atoms with E-state index in [0.717, 1.165) is 34.9 Å². The molecule has 1 amide bonds. The molecule has 5 nitrogen and oxygen atoms in total. The van der Waals surface area contributed by atoms with Crippen molar-refractivity contribution in [3.8, 4) is 0 Å². The fraction of sp³-hybridized carbons (Fsp3) is 0.533. The van der Waals surface area contributed by atoms with Crippen molar-refractivity contribution < 1.29 is 4.79 Å². The fourth-order valence-electron chi connectivity index (χ4n) is 2.68. The van der Waals surface area contributed by atoms with Crippen LogP contribution in [0.2, 0.25) is 0 Å². The molecule has 2 aromatic rings. The van der Waals surface area contributed by atoms with Gasteiger partial charge in [-0.2, -0.15) is 0 Å². The number of aromatic nitrogens is 2. The summed E-state index contributed by atoms with van der Waals surface area (Å²) >= 11 is 3.21. The van der Waals surface area contributed by atoms with Crippen LogP contribution >= 0.6 is 23.1 Å². The number of fused-ring (bicyclic) bond motifs is 1. The Balaban J connectivity index is 1.75. The van der Waals surface area contributed by atoms with Gasteiger partial charge in [0, 0.05) is 35.9 Å². The number of nitrogens with one attached hydrogen (secondary N) is 1. The van der Waals surface area contributed by atoms with Crippen LogP contribution in [0.4, 0.5) is 0 Å². The molecule has 0 spiro atoms. The third-order valence-electron chi connectivity index (χ3n) is 4.08. The predicted octanol–water partition coefficient (Wildman–Crippen LogP) is 2.22. The summed E-state index contributed by atoms with van der Waals surface area (Å²) < 4.78 is 0. The SMILES string of the molecule is Cc1sc2ncnc(SCC(=O)N3CCNCC3C)c2c1C. The van der Waals surface area contributed by atoms with E-state index in [4.69, 9.17) is 0 Å². The molecule has 0 aliphatic carbocycles. The molecule has 2 aromatic heterocycles. The third-order valence-corrected chi connectivity index (χ3v) is 6.17. The maximum absolute atomic E-state index is 12.4. The van der Waals surface area contributed by atoms with Crippen LogP contribution in [0.15, 0.2) is 11.4 Å². The van der Waals surface area contributed by atoms with Gasteiger partial charge in [-0.15, -0.1) is 11.3 Å². The fourth-order valence-corrected chi connectivity index (χ4v) is 4.69. The molecule has 1 atom stereocenters. The molecular weight excluding hydrogens is 316 g/mol. The average Bonchev–Trinajstić information content (AvgIpc) is 2.81. The molecule has 1 unspecified atom stereocenters. The van der Waals surface area contributed by atoms with E-state index in [0.29, 0.717) is 5.75 Å². The van der Waals surface area contributed by atoms with Gasteiger partial charge in [0.1, 0.15) is 16.2 Å². The lowest BCUT2D eigenvalue weighted by Gasteiger charge is -2.33. The quantitative estimate of drug-likeness (QED) is 0.688. The lowest BCUT2D eigenvalue weighted by molar-refractivity contribution is -0.131. The van der Waals surface area contributed by atoms with Crippen molar-refractivity contribution in [1.29, 1.82) is 0 Å². The maximum atomic E-state index is 12.4. The van der Waals surface area contributed by atoms with E-state index in [1.807, 2.05) is 4.90 Å². The van der Waals surface area contributed by atoms with Gasteiger partial charge in [-0.1, -0.05) is 11.8 Å². The largest absolute Gasteiger partial charge is 0.337 e. The van der Waals surface area contributed by atoms with Crippen LogP contribution in [0.3, 0.4) is 0 Å². The lowest BCUT2D eigenvalue weighted by Crippen LogP contribution is -2.52. The van der Waals surface area contributed by atoms with Gasteiger partial charge in [0.2, 0.25) is 5.91 Å². The molecule has 118 valence electrons. The molecule has 7 heteroatoms. The number of carbonyl (C=O) groups excluding carboxylic acids is 1. The van der Waals surface area contributed by atoms with Gasteiger partial charge < -0.3 is 10.2 Å². The summed E-state index contributed by atoms with van der Waals surface area (Å²) in [5.41, 5.74) is 1.23. The highest BCUT2D eigenvalue weighted by molar-refractivity contribution is 8.00. The van der Waals surface area contributed by atoms with E-state index in [2.05, 4.69) is 36.1 Å². The topological polar surface area (TPSA) is 58.1 Å². The Kier molecular flexibility index (Phi) is 4.65.